The van der Waals surface area contributed by atoms with Crippen molar-refractivity contribution in [3.8, 4) is 5.75 Å². The van der Waals surface area contributed by atoms with E-state index in [4.69, 9.17) is 16.3 Å². The Bertz CT molecular complexity index is 919. The Kier molecular flexibility index (Phi) is 5.77. The van der Waals surface area contributed by atoms with Crippen LogP contribution in [0.2, 0.25) is 5.02 Å². The zero-order valence-corrected chi connectivity index (χ0v) is 16.6. The van der Waals surface area contributed by atoms with E-state index in [9.17, 15) is 13.2 Å². The number of hydrogen-bond donors (Lipinski definition) is 1. The van der Waals surface area contributed by atoms with Crippen LogP contribution in [-0.2, 0) is 21.2 Å². The number of sulfone groups is 1. The molecular formula is C20H22ClNO4S. The molecule has 1 N–H and O–H groups in total. The van der Waals surface area contributed by atoms with Crippen LogP contribution in [0.5, 0.6) is 5.75 Å². The highest BCUT2D eigenvalue weighted by Gasteiger charge is 2.52. The summed E-state index contributed by atoms with van der Waals surface area (Å²) >= 11 is 5.88. The van der Waals surface area contributed by atoms with Crippen LogP contribution < -0.4 is 10.1 Å². The fourth-order valence-electron chi connectivity index (χ4n) is 3.59. The molecule has 0 aliphatic heterocycles. The summed E-state index contributed by atoms with van der Waals surface area (Å²) in [5, 5.41) is 3.27. The SMILES string of the molecule is COc1ccccc1CNC(=O)C1(S(=O)(=O)c2ccc(Cl)cc2)CCCC1. The average Bonchev–Trinajstić information content (AvgIpc) is 3.18. The predicted octanol–water partition coefficient (Wildman–Crippen LogP) is 3.75. The highest BCUT2D eigenvalue weighted by molar-refractivity contribution is 7.93. The maximum atomic E-state index is 13.3. The molecule has 0 heterocycles. The van der Waals surface area contributed by atoms with Gasteiger partial charge in [0.05, 0.1) is 12.0 Å². The summed E-state index contributed by atoms with van der Waals surface area (Å²) in [6, 6.07) is 13.3. The number of methoxy groups -OCH3 is 1. The van der Waals surface area contributed by atoms with E-state index in [0.717, 1.165) is 5.56 Å². The Morgan fingerprint density at radius 3 is 2.37 bits per heavy atom. The monoisotopic (exact) mass is 407 g/mol. The Morgan fingerprint density at radius 1 is 1.11 bits per heavy atom. The minimum Gasteiger partial charge on any atom is -0.496 e. The highest BCUT2D eigenvalue weighted by atomic mass is 35.5. The molecule has 7 heteroatoms. The van der Waals surface area contributed by atoms with Crippen LogP contribution in [0.3, 0.4) is 0 Å². The molecule has 0 bridgehead atoms. The van der Waals surface area contributed by atoms with Crippen molar-refractivity contribution in [2.45, 2.75) is 41.9 Å². The van der Waals surface area contributed by atoms with Gasteiger partial charge >= 0.3 is 0 Å². The number of carbonyl (C=O) groups excluding carboxylic acids is 1. The van der Waals surface area contributed by atoms with Crippen LogP contribution >= 0.6 is 11.6 Å². The third-order valence-corrected chi connectivity index (χ3v) is 7.86. The summed E-state index contributed by atoms with van der Waals surface area (Å²) in [4.78, 5) is 13.2. The summed E-state index contributed by atoms with van der Waals surface area (Å²) < 4.78 is 30.5. The molecule has 0 saturated heterocycles. The van der Waals surface area contributed by atoms with Gasteiger partial charge in [-0.15, -0.1) is 0 Å². The largest absolute Gasteiger partial charge is 0.496 e. The van der Waals surface area contributed by atoms with Gasteiger partial charge in [-0.1, -0.05) is 42.6 Å². The smallest absolute Gasteiger partial charge is 0.242 e. The first-order chi connectivity index (χ1) is 12.9. The number of nitrogens with one attached hydrogen (secondary N) is 1. The van der Waals surface area contributed by atoms with Gasteiger partial charge in [0.25, 0.3) is 0 Å². The van der Waals surface area contributed by atoms with Gasteiger partial charge < -0.3 is 10.1 Å². The molecule has 144 valence electrons. The number of ether oxygens (including phenoxy) is 1. The Hall–Kier alpha value is -2.05. The molecule has 5 nitrogen and oxygen atoms in total. The second-order valence-corrected chi connectivity index (χ2v) is 9.35. The van der Waals surface area contributed by atoms with Crippen molar-refractivity contribution in [3.63, 3.8) is 0 Å². The molecule has 0 unspecified atom stereocenters. The van der Waals surface area contributed by atoms with Gasteiger partial charge in [-0.05, 0) is 43.2 Å². The lowest BCUT2D eigenvalue weighted by Gasteiger charge is -2.28. The first kappa shape index (κ1) is 19.7. The number of halogens is 1. The maximum absolute atomic E-state index is 13.3. The number of amides is 1. The summed E-state index contributed by atoms with van der Waals surface area (Å²) in [6.45, 7) is 0.209. The van der Waals surface area contributed by atoms with Gasteiger partial charge in [0.1, 0.15) is 5.75 Å². The third kappa shape index (κ3) is 3.69. The molecule has 27 heavy (non-hydrogen) atoms. The minimum atomic E-state index is -3.84. The molecule has 2 aromatic carbocycles. The third-order valence-electron chi connectivity index (χ3n) is 5.10. The molecule has 1 saturated carbocycles. The lowest BCUT2D eigenvalue weighted by atomic mass is 10.1. The standard InChI is InChI=1S/C20H22ClNO4S/c1-26-18-7-3-2-6-15(18)14-22-19(23)20(12-4-5-13-20)27(24,25)17-10-8-16(21)9-11-17/h2-3,6-11H,4-5,12-14H2,1H3,(H,22,23). The fraction of sp³-hybridized carbons (Fsp3) is 0.350. The number of hydrogen-bond acceptors (Lipinski definition) is 4. The summed E-state index contributed by atoms with van der Waals surface area (Å²) in [6.07, 6.45) is 2.04. The number of benzene rings is 2. The predicted molar refractivity (Wildman–Crippen MR) is 105 cm³/mol. The first-order valence-electron chi connectivity index (χ1n) is 8.81. The van der Waals surface area contributed by atoms with Crippen LogP contribution in [0.1, 0.15) is 31.2 Å². The highest BCUT2D eigenvalue weighted by Crippen LogP contribution is 2.41. The van der Waals surface area contributed by atoms with E-state index in [1.807, 2.05) is 18.2 Å². The Morgan fingerprint density at radius 2 is 1.74 bits per heavy atom. The molecule has 1 aliphatic rings. The quantitative estimate of drug-likeness (QED) is 0.791. The second-order valence-electron chi connectivity index (χ2n) is 6.65. The van der Waals surface area contributed by atoms with Crippen LogP contribution in [0.25, 0.3) is 0 Å². The fourth-order valence-corrected chi connectivity index (χ4v) is 5.80. The van der Waals surface area contributed by atoms with Crippen LogP contribution in [0.4, 0.5) is 0 Å². The van der Waals surface area contributed by atoms with Crippen molar-refractivity contribution in [1.82, 2.24) is 5.32 Å². The van der Waals surface area contributed by atoms with Gasteiger partial charge in [-0.25, -0.2) is 8.42 Å². The average molecular weight is 408 g/mol. The zero-order valence-electron chi connectivity index (χ0n) is 15.1. The topological polar surface area (TPSA) is 72.5 Å². The molecule has 2 aromatic rings. The van der Waals surface area contributed by atoms with Crippen molar-refractivity contribution in [2.75, 3.05) is 7.11 Å². The first-order valence-corrected chi connectivity index (χ1v) is 10.7. The van der Waals surface area contributed by atoms with Gasteiger partial charge in [-0.3, -0.25) is 4.79 Å². The van der Waals surface area contributed by atoms with E-state index < -0.39 is 20.5 Å². The van der Waals surface area contributed by atoms with Gasteiger partial charge in [0, 0.05) is 17.1 Å². The molecule has 0 aromatic heterocycles. The molecule has 0 radical (unpaired) electrons. The van der Waals surface area contributed by atoms with E-state index in [1.165, 1.54) is 24.3 Å². The van der Waals surface area contributed by atoms with Crippen molar-refractivity contribution in [3.05, 3.63) is 59.1 Å². The number of carbonyl (C=O) groups is 1. The van der Waals surface area contributed by atoms with Crippen molar-refractivity contribution < 1.29 is 17.9 Å². The van der Waals surface area contributed by atoms with Gasteiger partial charge in [0.15, 0.2) is 14.6 Å². The zero-order chi connectivity index (χ0) is 19.5. The van der Waals surface area contributed by atoms with E-state index in [2.05, 4.69) is 5.32 Å². The van der Waals surface area contributed by atoms with E-state index in [0.29, 0.717) is 36.5 Å². The summed E-state index contributed by atoms with van der Waals surface area (Å²) in [5.74, 6) is 0.194. The lowest BCUT2D eigenvalue weighted by molar-refractivity contribution is -0.123. The van der Waals surface area contributed by atoms with Crippen LogP contribution in [0.15, 0.2) is 53.4 Å². The molecule has 1 amide bonds. The van der Waals surface area contributed by atoms with E-state index in [1.54, 1.807) is 13.2 Å². The molecule has 3 rings (SSSR count). The molecule has 0 spiro atoms. The number of rotatable bonds is 6. The van der Waals surface area contributed by atoms with Crippen molar-refractivity contribution in [1.29, 1.82) is 0 Å². The molecular weight excluding hydrogens is 386 g/mol. The number of para-hydroxylation sites is 1. The van der Waals surface area contributed by atoms with E-state index >= 15 is 0 Å². The Balaban J connectivity index is 1.88. The van der Waals surface area contributed by atoms with Crippen molar-refractivity contribution >= 4 is 27.3 Å². The van der Waals surface area contributed by atoms with Gasteiger partial charge in [0.2, 0.25) is 5.91 Å². The van der Waals surface area contributed by atoms with Crippen molar-refractivity contribution in [2.24, 2.45) is 0 Å². The maximum Gasteiger partial charge on any atom is 0.242 e. The normalized spacial score (nSPS) is 16.1. The second kappa shape index (κ2) is 7.90. The Labute approximate surface area is 164 Å². The van der Waals surface area contributed by atoms with E-state index in [-0.39, 0.29) is 11.4 Å². The molecule has 1 aliphatic carbocycles. The van der Waals surface area contributed by atoms with Crippen LogP contribution in [-0.4, -0.2) is 26.2 Å². The summed E-state index contributed by atoms with van der Waals surface area (Å²) in [5.41, 5.74) is 0.797. The molecule has 1 fully saturated rings. The van der Waals surface area contributed by atoms with Crippen LogP contribution in [0, 0.1) is 0 Å². The minimum absolute atomic E-state index is 0.126. The van der Waals surface area contributed by atoms with Gasteiger partial charge in [-0.2, -0.15) is 0 Å². The lowest BCUT2D eigenvalue weighted by Crippen LogP contribution is -2.50. The molecule has 0 atom stereocenters. The summed E-state index contributed by atoms with van der Waals surface area (Å²) in [7, 11) is -2.28.